The van der Waals surface area contributed by atoms with Gasteiger partial charge in [0.1, 0.15) is 5.82 Å². The molecule has 0 bridgehead atoms. The van der Waals surface area contributed by atoms with Crippen LogP contribution in [0.25, 0.3) is 11.1 Å². The number of rotatable bonds is 7. The van der Waals surface area contributed by atoms with Crippen molar-refractivity contribution < 1.29 is 13.2 Å². The van der Waals surface area contributed by atoms with Crippen LogP contribution in [0.2, 0.25) is 0 Å². The van der Waals surface area contributed by atoms with Crippen LogP contribution in [0.3, 0.4) is 0 Å². The SMILES string of the molecule is CCCCC(F)(F)c1ccc(-c2ccc([C@H]3CC[C@H](CC)CC3)cc2)cc1F. The highest BCUT2D eigenvalue weighted by molar-refractivity contribution is 5.64. The number of benzene rings is 2. The fourth-order valence-electron chi connectivity index (χ4n) is 4.38. The zero-order valence-electron chi connectivity index (χ0n) is 17.0. The third-order valence-electron chi connectivity index (χ3n) is 6.35. The second-order valence-corrected chi connectivity index (χ2v) is 8.25. The van der Waals surface area contributed by atoms with Gasteiger partial charge in [-0.15, -0.1) is 0 Å². The van der Waals surface area contributed by atoms with Crippen LogP contribution in [0, 0.1) is 11.7 Å². The van der Waals surface area contributed by atoms with Crippen LogP contribution in [0.1, 0.15) is 82.3 Å². The summed E-state index contributed by atoms with van der Waals surface area (Å²) < 4.78 is 42.8. The third-order valence-corrected chi connectivity index (χ3v) is 6.35. The van der Waals surface area contributed by atoms with Crippen LogP contribution in [-0.4, -0.2) is 0 Å². The van der Waals surface area contributed by atoms with Gasteiger partial charge in [-0.2, -0.15) is 0 Å². The summed E-state index contributed by atoms with van der Waals surface area (Å²) in [6.45, 7) is 4.12. The minimum absolute atomic E-state index is 0.311. The zero-order valence-corrected chi connectivity index (χ0v) is 17.0. The average molecular weight is 389 g/mol. The first-order chi connectivity index (χ1) is 13.4. The number of unbranched alkanes of at least 4 members (excludes halogenated alkanes) is 1. The van der Waals surface area contributed by atoms with Gasteiger partial charge in [0.05, 0.1) is 5.56 Å². The first-order valence-corrected chi connectivity index (χ1v) is 10.7. The summed E-state index contributed by atoms with van der Waals surface area (Å²) in [5.41, 5.74) is 2.36. The highest BCUT2D eigenvalue weighted by Gasteiger charge is 2.33. The Morgan fingerprint density at radius 2 is 1.54 bits per heavy atom. The number of halogens is 3. The molecule has 0 spiro atoms. The van der Waals surface area contributed by atoms with Crippen LogP contribution in [0.15, 0.2) is 42.5 Å². The molecular weight excluding hydrogens is 357 g/mol. The molecule has 2 aromatic rings. The second kappa shape index (κ2) is 9.15. The van der Waals surface area contributed by atoms with E-state index in [-0.39, 0.29) is 6.42 Å². The lowest BCUT2D eigenvalue weighted by Gasteiger charge is -2.28. The fourth-order valence-corrected chi connectivity index (χ4v) is 4.38. The second-order valence-electron chi connectivity index (χ2n) is 8.25. The van der Waals surface area contributed by atoms with Gasteiger partial charge in [0.25, 0.3) is 5.92 Å². The van der Waals surface area contributed by atoms with E-state index in [1.165, 1.54) is 49.8 Å². The van der Waals surface area contributed by atoms with Crippen LogP contribution in [-0.2, 0) is 5.92 Å². The molecular formula is C25H31F3. The monoisotopic (exact) mass is 388 g/mol. The molecule has 0 atom stereocenters. The minimum Gasteiger partial charge on any atom is -0.206 e. The summed E-state index contributed by atoms with van der Waals surface area (Å²) in [5.74, 6) is -2.46. The first-order valence-electron chi connectivity index (χ1n) is 10.7. The fraction of sp³-hybridized carbons (Fsp3) is 0.520. The highest BCUT2D eigenvalue weighted by atomic mass is 19.3. The van der Waals surface area contributed by atoms with Gasteiger partial charge < -0.3 is 0 Å². The molecule has 0 aliphatic heterocycles. The molecule has 3 heteroatoms. The van der Waals surface area contributed by atoms with Crippen molar-refractivity contribution in [2.24, 2.45) is 5.92 Å². The lowest BCUT2D eigenvalue weighted by atomic mass is 9.77. The van der Waals surface area contributed by atoms with Crippen molar-refractivity contribution in [2.45, 2.75) is 77.1 Å². The summed E-state index contributed by atoms with van der Waals surface area (Å²) in [4.78, 5) is 0. The van der Waals surface area contributed by atoms with Crippen LogP contribution < -0.4 is 0 Å². The van der Waals surface area contributed by atoms with E-state index < -0.39 is 17.3 Å². The lowest BCUT2D eigenvalue weighted by Crippen LogP contribution is -2.15. The van der Waals surface area contributed by atoms with E-state index in [0.717, 1.165) is 11.5 Å². The molecule has 3 rings (SSSR count). The maximum atomic E-state index is 14.4. The van der Waals surface area contributed by atoms with Crippen molar-refractivity contribution in [2.75, 3.05) is 0 Å². The molecule has 0 unspecified atom stereocenters. The summed E-state index contributed by atoms with van der Waals surface area (Å²) in [6, 6.07) is 12.3. The number of hydrogen-bond acceptors (Lipinski definition) is 0. The average Bonchev–Trinajstić information content (AvgIpc) is 2.72. The third kappa shape index (κ3) is 4.79. The molecule has 1 aliphatic rings. The molecule has 152 valence electrons. The van der Waals surface area contributed by atoms with Crippen molar-refractivity contribution in [3.8, 4) is 11.1 Å². The molecule has 0 saturated heterocycles. The van der Waals surface area contributed by atoms with Crippen molar-refractivity contribution >= 4 is 0 Å². The Kier molecular flexibility index (Phi) is 6.85. The van der Waals surface area contributed by atoms with Crippen LogP contribution in [0.5, 0.6) is 0 Å². The van der Waals surface area contributed by atoms with Crippen molar-refractivity contribution in [3.63, 3.8) is 0 Å². The van der Waals surface area contributed by atoms with Crippen molar-refractivity contribution in [1.29, 1.82) is 0 Å². The molecule has 28 heavy (non-hydrogen) atoms. The topological polar surface area (TPSA) is 0 Å². The standard InChI is InChI=1S/C25H31F3/c1-3-5-16-25(27,28)23-15-14-22(17-24(23)26)21-12-10-20(11-13-21)19-8-6-18(4-2)7-9-19/h10-15,17-19H,3-9,16H2,1-2H3/t18-,19-. The Labute approximate surface area is 167 Å². The Bertz CT molecular complexity index is 756. The quantitative estimate of drug-likeness (QED) is 0.446. The predicted molar refractivity (Wildman–Crippen MR) is 110 cm³/mol. The number of alkyl halides is 2. The largest absolute Gasteiger partial charge is 0.276 e. The normalized spacial score (nSPS) is 20.3. The molecule has 2 aromatic carbocycles. The van der Waals surface area contributed by atoms with E-state index in [4.69, 9.17) is 0 Å². The Morgan fingerprint density at radius 3 is 2.11 bits per heavy atom. The smallest absolute Gasteiger partial charge is 0.206 e. The van der Waals surface area contributed by atoms with Crippen molar-refractivity contribution in [3.05, 3.63) is 59.4 Å². The van der Waals surface area contributed by atoms with E-state index in [1.807, 2.05) is 19.1 Å². The zero-order chi connectivity index (χ0) is 20.1. The highest BCUT2D eigenvalue weighted by Crippen LogP contribution is 2.39. The van der Waals surface area contributed by atoms with Crippen LogP contribution in [0.4, 0.5) is 13.2 Å². The van der Waals surface area contributed by atoms with Gasteiger partial charge in [0.15, 0.2) is 0 Å². The Balaban J connectivity index is 1.73. The molecule has 1 fully saturated rings. The van der Waals surface area contributed by atoms with Gasteiger partial charge in [0.2, 0.25) is 0 Å². The Hall–Kier alpha value is -1.77. The predicted octanol–water partition coefficient (Wildman–Crippen LogP) is 8.46. The maximum absolute atomic E-state index is 14.4. The Morgan fingerprint density at radius 1 is 0.893 bits per heavy atom. The summed E-state index contributed by atoms with van der Waals surface area (Å²) in [7, 11) is 0. The molecule has 0 nitrogen and oxygen atoms in total. The molecule has 1 aliphatic carbocycles. The van der Waals surface area contributed by atoms with Gasteiger partial charge >= 0.3 is 0 Å². The molecule has 0 amide bonds. The van der Waals surface area contributed by atoms with Crippen molar-refractivity contribution in [1.82, 2.24) is 0 Å². The lowest BCUT2D eigenvalue weighted by molar-refractivity contribution is -0.0187. The summed E-state index contributed by atoms with van der Waals surface area (Å²) in [5, 5.41) is 0. The van der Waals surface area contributed by atoms with E-state index >= 15 is 0 Å². The van der Waals surface area contributed by atoms with E-state index in [2.05, 4.69) is 19.1 Å². The molecule has 1 saturated carbocycles. The van der Waals surface area contributed by atoms with Gasteiger partial charge in [-0.1, -0.05) is 57.0 Å². The van der Waals surface area contributed by atoms with Gasteiger partial charge in [-0.05, 0) is 72.8 Å². The molecule has 0 aromatic heterocycles. The summed E-state index contributed by atoms with van der Waals surface area (Å²) >= 11 is 0. The van der Waals surface area contributed by atoms with Gasteiger partial charge in [0, 0.05) is 6.42 Å². The molecule has 0 heterocycles. The first kappa shape index (κ1) is 21.0. The van der Waals surface area contributed by atoms with E-state index in [1.54, 1.807) is 6.07 Å². The van der Waals surface area contributed by atoms with E-state index in [9.17, 15) is 13.2 Å². The van der Waals surface area contributed by atoms with Crippen LogP contribution >= 0.6 is 0 Å². The summed E-state index contributed by atoms with van der Waals surface area (Å²) in [6.07, 6.45) is 7.06. The molecule has 0 radical (unpaired) electrons. The maximum Gasteiger partial charge on any atom is 0.276 e. The molecule has 0 N–H and O–H groups in total. The van der Waals surface area contributed by atoms with Gasteiger partial charge in [-0.25, -0.2) is 13.2 Å². The number of hydrogen-bond donors (Lipinski definition) is 0. The van der Waals surface area contributed by atoms with Gasteiger partial charge in [-0.3, -0.25) is 0 Å². The van der Waals surface area contributed by atoms with E-state index in [0.29, 0.717) is 24.3 Å². The minimum atomic E-state index is -3.11.